The van der Waals surface area contributed by atoms with E-state index in [2.05, 4.69) is 20.1 Å². The third-order valence-corrected chi connectivity index (χ3v) is 4.10. The number of hydrogen-bond acceptors (Lipinski definition) is 6. The molecule has 2 aromatic rings. The number of methoxy groups -OCH3 is 2. The molecule has 0 aliphatic rings. The molecule has 0 aromatic heterocycles. The van der Waals surface area contributed by atoms with E-state index in [1.165, 1.54) is 19.2 Å². The van der Waals surface area contributed by atoms with Crippen LogP contribution >= 0.6 is 23.2 Å². The Hall–Kier alpha value is -3.03. The van der Waals surface area contributed by atoms with Crippen LogP contribution in [0.4, 0.5) is 11.4 Å². The Morgan fingerprint density at radius 3 is 2.07 bits per heavy atom. The van der Waals surface area contributed by atoms with Crippen LogP contribution in [0.3, 0.4) is 0 Å². The number of anilines is 2. The predicted octanol–water partition coefficient (Wildman–Crippen LogP) is 3.89. The molecule has 2 aromatic carbocycles. The van der Waals surface area contributed by atoms with Gasteiger partial charge in [0.1, 0.15) is 5.70 Å². The Morgan fingerprint density at radius 1 is 0.893 bits per heavy atom. The molecule has 28 heavy (non-hydrogen) atoms. The normalized spacial score (nSPS) is 10.8. The molecule has 0 saturated heterocycles. The molecule has 0 fully saturated rings. The number of nitrogens with one attached hydrogen (secondary N) is 2. The highest BCUT2D eigenvalue weighted by Gasteiger charge is 2.17. The molecule has 0 atom stereocenters. The van der Waals surface area contributed by atoms with Crippen molar-refractivity contribution in [1.29, 1.82) is 0 Å². The first kappa shape index (κ1) is 21.3. The van der Waals surface area contributed by atoms with Crippen molar-refractivity contribution in [3.8, 4) is 0 Å². The third-order valence-electron chi connectivity index (χ3n) is 3.48. The molecule has 146 valence electrons. The Balaban J connectivity index is 2.33. The first-order valence-corrected chi connectivity index (χ1v) is 8.61. The highest BCUT2D eigenvalue weighted by Crippen LogP contribution is 2.33. The molecule has 0 heterocycles. The van der Waals surface area contributed by atoms with Crippen molar-refractivity contribution in [1.82, 2.24) is 0 Å². The van der Waals surface area contributed by atoms with Gasteiger partial charge in [-0.1, -0.05) is 41.4 Å². The van der Waals surface area contributed by atoms with Crippen molar-refractivity contribution in [2.45, 2.75) is 0 Å². The summed E-state index contributed by atoms with van der Waals surface area (Å²) in [4.78, 5) is 35.7. The van der Waals surface area contributed by atoms with E-state index < -0.39 is 11.9 Å². The van der Waals surface area contributed by atoms with Crippen LogP contribution in [0.15, 0.2) is 54.2 Å². The van der Waals surface area contributed by atoms with Crippen LogP contribution in [-0.2, 0) is 19.1 Å². The summed E-state index contributed by atoms with van der Waals surface area (Å²) in [7, 11) is 2.32. The molecule has 0 saturated carbocycles. The van der Waals surface area contributed by atoms with Crippen molar-refractivity contribution in [3.63, 3.8) is 0 Å². The van der Waals surface area contributed by atoms with Gasteiger partial charge in [0.15, 0.2) is 0 Å². The van der Waals surface area contributed by atoms with Crippen LogP contribution in [-0.4, -0.2) is 32.1 Å². The van der Waals surface area contributed by atoms with Gasteiger partial charge in [0.25, 0.3) is 5.91 Å². The number of halogens is 2. The molecule has 9 heteroatoms. The fourth-order valence-corrected chi connectivity index (χ4v) is 2.58. The first-order chi connectivity index (χ1) is 13.3. The summed E-state index contributed by atoms with van der Waals surface area (Å²) in [5.41, 5.74) is 0.697. The number of esters is 2. The number of benzene rings is 2. The van der Waals surface area contributed by atoms with Gasteiger partial charge in [0.05, 0.1) is 41.7 Å². The van der Waals surface area contributed by atoms with Crippen molar-refractivity contribution < 1.29 is 23.9 Å². The number of amides is 1. The zero-order chi connectivity index (χ0) is 20.7. The van der Waals surface area contributed by atoms with Crippen LogP contribution in [0, 0.1) is 0 Å². The molecule has 0 bridgehead atoms. The van der Waals surface area contributed by atoms with E-state index in [0.29, 0.717) is 5.56 Å². The lowest BCUT2D eigenvalue weighted by Crippen LogP contribution is -2.16. The molecular formula is C19H16Cl2N2O5. The highest BCUT2D eigenvalue weighted by atomic mass is 35.5. The minimum absolute atomic E-state index is 0.155. The van der Waals surface area contributed by atoms with Gasteiger partial charge in [-0.2, -0.15) is 0 Å². The van der Waals surface area contributed by atoms with Gasteiger partial charge in [0, 0.05) is 5.56 Å². The molecular weight excluding hydrogens is 407 g/mol. The first-order valence-electron chi connectivity index (χ1n) is 7.86. The zero-order valence-corrected chi connectivity index (χ0v) is 16.4. The lowest BCUT2D eigenvalue weighted by atomic mass is 10.2. The van der Waals surface area contributed by atoms with Gasteiger partial charge >= 0.3 is 11.9 Å². The van der Waals surface area contributed by atoms with Gasteiger partial charge in [-0.05, 0) is 24.3 Å². The second-order valence-corrected chi connectivity index (χ2v) is 6.14. The molecule has 0 radical (unpaired) electrons. The molecule has 1 amide bonds. The Kier molecular flexibility index (Phi) is 7.43. The van der Waals surface area contributed by atoms with Gasteiger partial charge in [0.2, 0.25) is 0 Å². The van der Waals surface area contributed by atoms with Crippen LogP contribution in [0.2, 0.25) is 10.0 Å². The molecule has 0 spiro atoms. The third kappa shape index (κ3) is 5.48. The van der Waals surface area contributed by atoms with Crippen molar-refractivity contribution >= 4 is 52.4 Å². The van der Waals surface area contributed by atoms with E-state index in [-0.39, 0.29) is 33.0 Å². The number of carbonyl (C=O) groups excluding carboxylic acids is 3. The minimum Gasteiger partial charge on any atom is -0.466 e. The summed E-state index contributed by atoms with van der Waals surface area (Å²) in [6, 6.07) is 11.4. The van der Waals surface area contributed by atoms with Crippen LogP contribution < -0.4 is 10.6 Å². The lowest BCUT2D eigenvalue weighted by molar-refractivity contribution is -0.138. The second-order valence-electron chi connectivity index (χ2n) is 5.33. The number of carbonyl (C=O) groups is 3. The quantitative estimate of drug-likeness (QED) is 0.541. The average Bonchev–Trinajstić information content (AvgIpc) is 2.70. The molecule has 0 aliphatic carbocycles. The van der Waals surface area contributed by atoms with Gasteiger partial charge in [-0.3, -0.25) is 4.79 Å². The molecule has 0 unspecified atom stereocenters. The topological polar surface area (TPSA) is 93.7 Å². The highest BCUT2D eigenvalue weighted by molar-refractivity contribution is 6.38. The summed E-state index contributed by atoms with van der Waals surface area (Å²) in [6.07, 6.45) is 0.916. The Bertz CT molecular complexity index is 929. The fraction of sp³-hybridized carbons (Fsp3) is 0.105. The van der Waals surface area contributed by atoms with Crippen molar-refractivity contribution in [3.05, 3.63) is 69.8 Å². The fourth-order valence-electron chi connectivity index (χ4n) is 2.10. The van der Waals surface area contributed by atoms with Crippen LogP contribution in [0.5, 0.6) is 0 Å². The summed E-state index contributed by atoms with van der Waals surface area (Å²) in [5.74, 6) is -1.96. The van der Waals surface area contributed by atoms with E-state index in [1.807, 2.05) is 0 Å². The van der Waals surface area contributed by atoms with E-state index in [1.54, 1.807) is 30.3 Å². The standard InChI is InChI=1S/C19H16Cl2N2O5/c1-27-17(24)10-16(19(26)28-2)22-14-9-15(13(21)8-12(14)20)23-18(25)11-6-4-3-5-7-11/h3-10,22H,1-2H3,(H,23,25)/b16-10+. The lowest BCUT2D eigenvalue weighted by Gasteiger charge is -2.14. The summed E-state index contributed by atoms with van der Waals surface area (Å²) < 4.78 is 9.14. The second kappa shape index (κ2) is 9.77. The van der Waals surface area contributed by atoms with Gasteiger partial charge in [-0.25, -0.2) is 9.59 Å². The summed E-state index contributed by atoms with van der Waals surface area (Å²) in [5, 5.41) is 5.70. The van der Waals surface area contributed by atoms with Crippen LogP contribution in [0.1, 0.15) is 10.4 Å². The minimum atomic E-state index is -0.814. The molecule has 0 aliphatic heterocycles. The molecule has 2 rings (SSSR count). The van der Waals surface area contributed by atoms with E-state index >= 15 is 0 Å². The maximum atomic E-state index is 12.4. The smallest absolute Gasteiger partial charge is 0.354 e. The number of rotatable bonds is 6. The largest absolute Gasteiger partial charge is 0.466 e. The Morgan fingerprint density at radius 2 is 1.50 bits per heavy atom. The number of ether oxygens (including phenoxy) is 2. The Labute approximate surface area is 171 Å². The van der Waals surface area contributed by atoms with Gasteiger partial charge in [-0.15, -0.1) is 0 Å². The number of hydrogen-bond donors (Lipinski definition) is 2. The predicted molar refractivity (Wildman–Crippen MR) is 107 cm³/mol. The maximum absolute atomic E-state index is 12.4. The maximum Gasteiger partial charge on any atom is 0.354 e. The van der Waals surface area contributed by atoms with Crippen LogP contribution in [0.25, 0.3) is 0 Å². The van der Waals surface area contributed by atoms with E-state index in [9.17, 15) is 14.4 Å². The van der Waals surface area contributed by atoms with Gasteiger partial charge < -0.3 is 20.1 Å². The molecule has 2 N–H and O–H groups in total. The van der Waals surface area contributed by atoms with Crippen molar-refractivity contribution in [2.24, 2.45) is 0 Å². The molecule has 7 nitrogen and oxygen atoms in total. The van der Waals surface area contributed by atoms with E-state index in [4.69, 9.17) is 23.2 Å². The zero-order valence-electron chi connectivity index (χ0n) is 14.9. The summed E-state index contributed by atoms with van der Waals surface area (Å²) >= 11 is 12.3. The average molecular weight is 423 g/mol. The summed E-state index contributed by atoms with van der Waals surface area (Å²) in [6.45, 7) is 0. The van der Waals surface area contributed by atoms with Crippen molar-refractivity contribution in [2.75, 3.05) is 24.9 Å². The SMILES string of the molecule is COC(=O)/C=C(/Nc1cc(NC(=O)c2ccccc2)c(Cl)cc1Cl)C(=O)OC. The van der Waals surface area contributed by atoms with E-state index in [0.717, 1.165) is 13.2 Å². The monoisotopic (exact) mass is 422 g/mol.